The smallest absolute Gasteiger partial charge is 0.0713 e. The van der Waals surface area contributed by atoms with Crippen LogP contribution >= 0.6 is 11.3 Å². The Morgan fingerprint density at radius 2 is 1.08 bits per heavy atom. The summed E-state index contributed by atoms with van der Waals surface area (Å²) in [5.74, 6) is 0.175. The van der Waals surface area contributed by atoms with Gasteiger partial charge in [-0.1, -0.05) is 170 Å². The molecule has 1 heterocycles. The summed E-state index contributed by atoms with van der Waals surface area (Å²) in [7, 11) is 0. The Labute approximate surface area is 296 Å². The van der Waals surface area contributed by atoms with Crippen molar-refractivity contribution in [3.05, 3.63) is 227 Å². The summed E-state index contributed by atoms with van der Waals surface area (Å²) in [6, 6.07) is 70.3. The van der Waals surface area contributed by atoms with Crippen molar-refractivity contribution < 1.29 is 0 Å². The first-order valence-corrected chi connectivity index (χ1v) is 18.3. The zero-order valence-corrected chi connectivity index (χ0v) is 28.4. The lowest BCUT2D eigenvalue weighted by atomic mass is 9.67. The fourth-order valence-electron chi connectivity index (χ4n) is 8.78. The average molecular weight is 655 g/mol. The molecule has 10 rings (SSSR count). The van der Waals surface area contributed by atoms with E-state index in [-0.39, 0.29) is 5.92 Å². The number of benzene rings is 8. The van der Waals surface area contributed by atoms with Crippen LogP contribution in [0.25, 0.3) is 42.1 Å². The highest BCUT2D eigenvalue weighted by Crippen LogP contribution is 2.56. The van der Waals surface area contributed by atoms with E-state index in [1.165, 1.54) is 81.0 Å². The van der Waals surface area contributed by atoms with Crippen LogP contribution in [0.5, 0.6) is 0 Å². The third kappa shape index (κ3) is 4.44. The number of fused-ring (bicyclic) bond motifs is 7. The van der Waals surface area contributed by atoms with Crippen LogP contribution in [-0.4, -0.2) is 0 Å². The Morgan fingerprint density at radius 3 is 1.90 bits per heavy atom. The molecule has 0 amide bonds. The Hall–Kier alpha value is -5.76. The van der Waals surface area contributed by atoms with Gasteiger partial charge in [-0.3, -0.25) is 0 Å². The topological polar surface area (TPSA) is 0 Å². The quantitative estimate of drug-likeness (QED) is 0.167. The number of hydrogen-bond acceptors (Lipinski definition) is 1. The molecule has 0 aliphatic heterocycles. The van der Waals surface area contributed by atoms with Crippen LogP contribution in [0.1, 0.15) is 44.9 Å². The standard InChI is InChI=1S/C49H34S/c1-3-16-36(17-4-1)49(37-18-5-2-6-19-37)45-24-11-9-21-40(45)41-28-26-33(31-46(41)49)30-43(39-23-13-15-34-14-7-8-20-38(34)39)35-27-29-48-44(32-35)42-22-10-12-25-47(42)50-48/h1-29,31-32,43H,30H2. The molecule has 8 aromatic carbocycles. The molecule has 0 spiro atoms. The number of rotatable bonds is 6. The summed E-state index contributed by atoms with van der Waals surface area (Å²) in [4.78, 5) is 0. The van der Waals surface area contributed by atoms with Crippen molar-refractivity contribution in [3.63, 3.8) is 0 Å². The SMILES string of the molecule is c1ccc(C2(c3ccccc3)c3ccccc3-c3ccc(CC(c4ccc5sc6ccccc6c5c4)c4cccc5ccccc45)cc32)cc1. The molecule has 0 nitrogen and oxygen atoms in total. The minimum atomic E-state index is -0.409. The molecule has 1 aliphatic carbocycles. The predicted octanol–water partition coefficient (Wildman–Crippen LogP) is 12.9. The summed E-state index contributed by atoms with van der Waals surface area (Å²) in [6.07, 6.45) is 0.894. The van der Waals surface area contributed by atoms with Gasteiger partial charge in [0.25, 0.3) is 0 Å². The van der Waals surface area contributed by atoms with Gasteiger partial charge in [-0.2, -0.15) is 0 Å². The molecule has 1 unspecified atom stereocenters. The van der Waals surface area contributed by atoms with Crippen molar-refractivity contribution in [2.75, 3.05) is 0 Å². The largest absolute Gasteiger partial charge is 0.135 e. The normalized spacial score (nSPS) is 13.8. The summed E-state index contributed by atoms with van der Waals surface area (Å²) >= 11 is 1.89. The van der Waals surface area contributed by atoms with Crippen molar-refractivity contribution in [1.82, 2.24) is 0 Å². The molecule has 9 aromatic rings. The van der Waals surface area contributed by atoms with E-state index in [1.54, 1.807) is 0 Å². The lowest BCUT2D eigenvalue weighted by Crippen LogP contribution is -2.28. The van der Waals surface area contributed by atoms with Crippen molar-refractivity contribution in [1.29, 1.82) is 0 Å². The van der Waals surface area contributed by atoms with Crippen LogP contribution < -0.4 is 0 Å². The van der Waals surface area contributed by atoms with Crippen molar-refractivity contribution in [2.24, 2.45) is 0 Å². The maximum Gasteiger partial charge on any atom is 0.0713 e. The van der Waals surface area contributed by atoms with Crippen LogP contribution in [0.2, 0.25) is 0 Å². The summed E-state index contributed by atoms with van der Waals surface area (Å²) < 4.78 is 2.69. The van der Waals surface area contributed by atoms with E-state index in [2.05, 4.69) is 188 Å². The molecule has 1 atom stereocenters. The van der Waals surface area contributed by atoms with Gasteiger partial charge in [-0.05, 0) is 85.5 Å². The Bertz CT molecular complexity index is 2640. The van der Waals surface area contributed by atoms with Gasteiger partial charge in [0.1, 0.15) is 0 Å². The second-order valence-corrected chi connectivity index (χ2v) is 14.7. The van der Waals surface area contributed by atoms with Crippen LogP contribution in [0.15, 0.2) is 188 Å². The van der Waals surface area contributed by atoms with Gasteiger partial charge in [0.05, 0.1) is 5.41 Å². The molecule has 1 heteroatoms. The zero-order valence-electron chi connectivity index (χ0n) is 27.6. The predicted molar refractivity (Wildman–Crippen MR) is 213 cm³/mol. The molecule has 0 fully saturated rings. The van der Waals surface area contributed by atoms with Crippen LogP contribution in [0.3, 0.4) is 0 Å². The van der Waals surface area contributed by atoms with Gasteiger partial charge in [0, 0.05) is 26.1 Å². The third-order valence-corrected chi connectivity index (χ3v) is 12.1. The van der Waals surface area contributed by atoms with E-state index >= 15 is 0 Å². The first-order valence-electron chi connectivity index (χ1n) is 17.5. The maximum atomic E-state index is 2.53. The number of thiophene rings is 1. The highest BCUT2D eigenvalue weighted by atomic mass is 32.1. The minimum absolute atomic E-state index is 0.175. The van der Waals surface area contributed by atoms with Crippen LogP contribution in [0.4, 0.5) is 0 Å². The molecule has 0 radical (unpaired) electrons. The third-order valence-electron chi connectivity index (χ3n) is 11.0. The Kier molecular flexibility index (Phi) is 6.82. The van der Waals surface area contributed by atoms with E-state index in [4.69, 9.17) is 0 Å². The van der Waals surface area contributed by atoms with E-state index in [1.807, 2.05) is 11.3 Å². The molecule has 1 aliphatic rings. The van der Waals surface area contributed by atoms with Crippen LogP contribution in [0, 0.1) is 0 Å². The summed E-state index contributed by atoms with van der Waals surface area (Å²) in [6.45, 7) is 0. The van der Waals surface area contributed by atoms with Gasteiger partial charge in [-0.15, -0.1) is 11.3 Å². The first kappa shape index (κ1) is 29.2. The molecule has 1 aromatic heterocycles. The highest BCUT2D eigenvalue weighted by molar-refractivity contribution is 7.25. The van der Waals surface area contributed by atoms with Gasteiger partial charge < -0.3 is 0 Å². The minimum Gasteiger partial charge on any atom is -0.135 e. The fourth-order valence-corrected chi connectivity index (χ4v) is 9.86. The average Bonchev–Trinajstić information content (AvgIpc) is 3.71. The molecular weight excluding hydrogens is 621 g/mol. The molecule has 0 saturated carbocycles. The molecule has 236 valence electrons. The second-order valence-electron chi connectivity index (χ2n) is 13.6. The van der Waals surface area contributed by atoms with Gasteiger partial charge in [-0.25, -0.2) is 0 Å². The maximum absolute atomic E-state index is 2.53. The lowest BCUT2D eigenvalue weighted by molar-refractivity contribution is 0.760. The molecule has 0 N–H and O–H groups in total. The monoisotopic (exact) mass is 654 g/mol. The molecule has 50 heavy (non-hydrogen) atoms. The van der Waals surface area contributed by atoms with E-state index in [0.717, 1.165) is 6.42 Å². The fraction of sp³-hybridized carbons (Fsp3) is 0.0612. The summed E-state index contributed by atoms with van der Waals surface area (Å²) in [5, 5.41) is 5.31. The zero-order chi connectivity index (χ0) is 33.1. The molecular formula is C49H34S. The van der Waals surface area contributed by atoms with Crippen molar-refractivity contribution >= 4 is 42.3 Å². The molecule has 0 saturated heterocycles. The van der Waals surface area contributed by atoms with Gasteiger partial charge >= 0.3 is 0 Å². The molecule has 0 bridgehead atoms. The van der Waals surface area contributed by atoms with Gasteiger partial charge in [0.15, 0.2) is 0 Å². The van der Waals surface area contributed by atoms with Crippen molar-refractivity contribution in [2.45, 2.75) is 17.8 Å². The van der Waals surface area contributed by atoms with E-state index in [0.29, 0.717) is 0 Å². The highest BCUT2D eigenvalue weighted by Gasteiger charge is 2.46. The van der Waals surface area contributed by atoms with Crippen molar-refractivity contribution in [3.8, 4) is 11.1 Å². The first-order chi connectivity index (χ1) is 24.8. The Morgan fingerprint density at radius 1 is 0.440 bits per heavy atom. The lowest BCUT2D eigenvalue weighted by Gasteiger charge is -2.34. The summed E-state index contributed by atoms with van der Waals surface area (Å²) in [5.41, 5.74) is 11.6. The Balaban J connectivity index is 1.20. The van der Waals surface area contributed by atoms with Gasteiger partial charge in [0.2, 0.25) is 0 Å². The number of hydrogen-bond donors (Lipinski definition) is 0. The van der Waals surface area contributed by atoms with E-state index < -0.39 is 5.41 Å². The van der Waals surface area contributed by atoms with Crippen LogP contribution in [-0.2, 0) is 11.8 Å². The second kappa shape index (κ2) is 11.7. The van der Waals surface area contributed by atoms with E-state index in [9.17, 15) is 0 Å².